The van der Waals surface area contributed by atoms with E-state index in [1.807, 2.05) is 6.92 Å². The summed E-state index contributed by atoms with van der Waals surface area (Å²) in [5.41, 5.74) is 1.18. The smallest absolute Gasteiger partial charge is 0.320 e. The Morgan fingerprint density at radius 3 is 2.93 bits per heavy atom. The molecule has 1 aliphatic rings. The maximum Gasteiger partial charge on any atom is 0.320 e. The standard InChI is InChI=1S/C13H18O2/c1-3-12(13(14)15-2)10-9-11-7-5-4-6-8-11/h7,12H,3-6,8H2,1-2H3. The Morgan fingerprint density at radius 1 is 1.60 bits per heavy atom. The zero-order valence-corrected chi connectivity index (χ0v) is 9.51. The molecule has 0 aromatic heterocycles. The molecule has 1 rings (SSSR count). The van der Waals surface area contributed by atoms with E-state index in [0.717, 1.165) is 12.8 Å². The van der Waals surface area contributed by atoms with Gasteiger partial charge in [-0.2, -0.15) is 0 Å². The van der Waals surface area contributed by atoms with Crippen LogP contribution in [0.5, 0.6) is 0 Å². The Balaban J connectivity index is 2.61. The van der Waals surface area contributed by atoms with Crippen LogP contribution in [0.3, 0.4) is 0 Å². The largest absolute Gasteiger partial charge is 0.468 e. The first-order chi connectivity index (χ1) is 7.27. The minimum Gasteiger partial charge on any atom is -0.468 e. The SMILES string of the molecule is CCC(C#CC1=CCCCC1)C(=O)OC. The Kier molecular flexibility index (Phi) is 4.97. The molecule has 1 unspecified atom stereocenters. The molecule has 2 nitrogen and oxygen atoms in total. The highest BCUT2D eigenvalue weighted by atomic mass is 16.5. The molecule has 0 aromatic carbocycles. The lowest BCUT2D eigenvalue weighted by atomic mass is 9.99. The number of ether oxygens (including phenoxy) is 1. The lowest BCUT2D eigenvalue weighted by molar-refractivity contribution is -0.143. The molecule has 0 spiro atoms. The highest BCUT2D eigenvalue weighted by molar-refractivity contribution is 5.75. The first-order valence-corrected chi connectivity index (χ1v) is 5.56. The summed E-state index contributed by atoms with van der Waals surface area (Å²) >= 11 is 0. The Labute approximate surface area is 91.7 Å². The van der Waals surface area contributed by atoms with E-state index in [1.165, 1.54) is 25.5 Å². The molecule has 0 bridgehead atoms. The zero-order chi connectivity index (χ0) is 11.1. The second-order valence-electron chi connectivity index (χ2n) is 3.73. The summed E-state index contributed by atoms with van der Waals surface area (Å²) in [5.74, 6) is 5.61. The monoisotopic (exact) mass is 206 g/mol. The molecule has 0 aromatic rings. The van der Waals surface area contributed by atoms with Gasteiger partial charge in [0.15, 0.2) is 0 Å². The normalized spacial score (nSPS) is 17.1. The van der Waals surface area contributed by atoms with Crippen molar-refractivity contribution in [3.8, 4) is 11.8 Å². The summed E-state index contributed by atoms with van der Waals surface area (Å²) in [6.07, 6.45) is 7.56. The van der Waals surface area contributed by atoms with Gasteiger partial charge >= 0.3 is 5.97 Å². The number of allylic oxidation sites excluding steroid dienone is 2. The average molecular weight is 206 g/mol. The molecule has 0 aliphatic heterocycles. The van der Waals surface area contributed by atoms with Crippen LogP contribution in [0.1, 0.15) is 39.0 Å². The van der Waals surface area contributed by atoms with Gasteiger partial charge in [0.05, 0.1) is 7.11 Å². The van der Waals surface area contributed by atoms with Gasteiger partial charge in [-0.3, -0.25) is 4.79 Å². The van der Waals surface area contributed by atoms with Crippen LogP contribution in [0, 0.1) is 17.8 Å². The van der Waals surface area contributed by atoms with E-state index in [4.69, 9.17) is 0 Å². The van der Waals surface area contributed by atoms with Gasteiger partial charge in [0, 0.05) is 0 Å². The highest BCUT2D eigenvalue weighted by Gasteiger charge is 2.13. The summed E-state index contributed by atoms with van der Waals surface area (Å²) in [5, 5.41) is 0. The predicted molar refractivity (Wildman–Crippen MR) is 60.1 cm³/mol. The van der Waals surface area contributed by atoms with Crippen molar-refractivity contribution < 1.29 is 9.53 Å². The summed E-state index contributed by atoms with van der Waals surface area (Å²) < 4.78 is 4.68. The summed E-state index contributed by atoms with van der Waals surface area (Å²) in [6, 6.07) is 0. The van der Waals surface area contributed by atoms with Crippen LogP contribution in [-0.2, 0) is 9.53 Å². The third-order valence-corrected chi connectivity index (χ3v) is 2.59. The molecule has 1 atom stereocenters. The van der Waals surface area contributed by atoms with Crippen LogP contribution in [0.15, 0.2) is 11.6 Å². The van der Waals surface area contributed by atoms with E-state index in [1.54, 1.807) is 0 Å². The third-order valence-electron chi connectivity index (χ3n) is 2.59. The molecule has 0 saturated carbocycles. The van der Waals surface area contributed by atoms with Crippen molar-refractivity contribution >= 4 is 5.97 Å². The summed E-state index contributed by atoms with van der Waals surface area (Å²) in [7, 11) is 1.41. The van der Waals surface area contributed by atoms with Gasteiger partial charge in [-0.25, -0.2) is 0 Å². The van der Waals surface area contributed by atoms with E-state index in [9.17, 15) is 4.79 Å². The van der Waals surface area contributed by atoms with E-state index >= 15 is 0 Å². The van der Waals surface area contributed by atoms with E-state index < -0.39 is 0 Å². The van der Waals surface area contributed by atoms with Crippen molar-refractivity contribution in [1.82, 2.24) is 0 Å². The number of carbonyl (C=O) groups is 1. The predicted octanol–water partition coefficient (Wildman–Crippen LogP) is 2.69. The van der Waals surface area contributed by atoms with Gasteiger partial charge < -0.3 is 4.74 Å². The highest BCUT2D eigenvalue weighted by Crippen LogP contribution is 2.16. The molecular weight excluding hydrogens is 188 g/mol. The number of hydrogen-bond acceptors (Lipinski definition) is 2. The number of methoxy groups -OCH3 is 1. The van der Waals surface area contributed by atoms with Crippen molar-refractivity contribution in [1.29, 1.82) is 0 Å². The maximum atomic E-state index is 11.3. The van der Waals surface area contributed by atoms with Crippen molar-refractivity contribution in [2.24, 2.45) is 5.92 Å². The first kappa shape index (κ1) is 11.8. The lowest BCUT2D eigenvalue weighted by Crippen LogP contribution is -2.13. The molecular formula is C13H18O2. The first-order valence-electron chi connectivity index (χ1n) is 5.56. The van der Waals surface area contributed by atoms with Crippen LogP contribution >= 0.6 is 0 Å². The fourth-order valence-corrected chi connectivity index (χ4v) is 1.60. The van der Waals surface area contributed by atoms with Crippen molar-refractivity contribution in [2.45, 2.75) is 39.0 Å². The second-order valence-corrected chi connectivity index (χ2v) is 3.73. The molecule has 15 heavy (non-hydrogen) atoms. The average Bonchev–Trinajstić information content (AvgIpc) is 2.31. The van der Waals surface area contributed by atoms with E-state index in [0.29, 0.717) is 6.42 Å². The van der Waals surface area contributed by atoms with Gasteiger partial charge in [-0.1, -0.05) is 24.8 Å². The molecule has 2 heteroatoms. The van der Waals surface area contributed by atoms with Crippen molar-refractivity contribution in [3.05, 3.63) is 11.6 Å². The molecule has 1 aliphatic carbocycles. The third kappa shape index (κ3) is 3.79. The number of rotatable bonds is 2. The van der Waals surface area contributed by atoms with Crippen LogP contribution < -0.4 is 0 Å². The van der Waals surface area contributed by atoms with Gasteiger partial charge in [-0.05, 0) is 37.7 Å². The minimum absolute atomic E-state index is 0.221. The van der Waals surface area contributed by atoms with Gasteiger partial charge in [0.2, 0.25) is 0 Å². The van der Waals surface area contributed by atoms with Crippen LogP contribution in [0.25, 0.3) is 0 Å². The van der Waals surface area contributed by atoms with Crippen molar-refractivity contribution in [3.63, 3.8) is 0 Å². The Hall–Kier alpha value is -1.23. The molecule has 82 valence electrons. The maximum absolute atomic E-state index is 11.3. The molecule has 0 N–H and O–H groups in total. The fourth-order valence-electron chi connectivity index (χ4n) is 1.60. The summed E-state index contributed by atoms with van der Waals surface area (Å²) in [6.45, 7) is 1.95. The van der Waals surface area contributed by atoms with Gasteiger partial charge in [0.25, 0.3) is 0 Å². The minimum atomic E-state index is -0.266. The van der Waals surface area contributed by atoms with Gasteiger partial charge in [-0.15, -0.1) is 0 Å². The van der Waals surface area contributed by atoms with E-state index in [-0.39, 0.29) is 11.9 Å². The zero-order valence-electron chi connectivity index (χ0n) is 9.51. The Morgan fingerprint density at radius 2 is 2.40 bits per heavy atom. The molecule has 0 amide bonds. The number of hydrogen-bond donors (Lipinski definition) is 0. The molecule has 0 radical (unpaired) electrons. The number of esters is 1. The lowest BCUT2D eigenvalue weighted by Gasteiger charge is -2.07. The van der Waals surface area contributed by atoms with E-state index in [2.05, 4.69) is 22.7 Å². The quantitative estimate of drug-likeness (QED) is 0.513. The summed E-state index contributed by atoms with van der Waals surface area (Å²) in [4.78, 5) is 11.3. The van der Waals surface area contributed by atoms with Crippen LogP contribution in [-0.4, -0.2) is 13.1 Å². The van der Waals surface area contributed by atoms with Gasteiger partial charge in [0.1, 0.15) is 5.92 Å². The molecule has 0 saturated heterocycles. The van der Waals surface area contributed by atoms with Crippen molar-refractivity contribution in [2.75, 3.05) is 7.11 Å². The number of carbonyl (C=O) groups excluding carboxylic acids is 1. The van der Waals surface area contributed by atoms with Crippen LogP contribution in [0.2, 0.25) is 0 Å². The second kappa shape index (κ2) is 6.29. The Bertz CT molecular complexity index is 304. The molecule has 0 heterocycles. The molecule has 0 fully saturated rings. The fraction of sp³-hybridized carbons (Fsp3) is 0.615. The topological polar surface area (TPSA) is 26.3 Å². The van der Waals surface area contributed by atoms with Crippen LogP contribution in [0.4, 0.5) is 0 Å².